The summed E-state index contributed by atoms with van der Waals surface area (Å²) in [7, 11) is 1.31. The van der Waals surface area contributed by atoms with Crippen molar-refractivity contribution in [1.82, 2.24) is 0 Å². The van der Waals surface area contributed by atoms with Crippen molar-refractivity contribution in [1.29, 1.82) is 0 Å². The molecule has 0 atom stereocenters. The van der Waals surface area contributed by atoms with Gasteiger partial charge in [0.05, 0.1) is 30.7 Å². The quantitative estimate of drug-likeness (QED) is 0.858. The van der Waals surface area contributed by atoms with E-state index in [0.717, 1.165) is 0 Å². The zero-order valence-corrected chi connectivity index (χ0v) is 13.0. The molecule has 1 aliphatic heterocycles. The molecule has 0 aliphatic carbocycles. The van der Waals surface area contributed by atoms with E-state index < -0.39 is 11.9 Å². The van der Waals surface area contributed by atoms with Crippen LogP contribution in [0.5, 0.6) is 0 Å². The fourth-order valence-corrected chi connectivity index (χ4v) is 2.74. The number of hydrogen-bond donors (Lipinski definition) is 1. The highest BCUT2D eigenvalue weighted by molar-refractivity contribution is 8.15. The lowest BCUT2D eigenvalue weighted by molar-refractivity contribution is -0.138. The van der Waals surface area contributed by atoms with Crippen LogP contribution in [0.2, 0.25) is 0 Å². The number of carbonyl (C=O) groups excluding carboxylic acids is 2. The van der Waals surface area contributed by atoms with E-state index >= 15 is 0 Å². The fourth-order valence-electron chi connectivity index (χ4n) is 1.81. The monoisotopic (exact) mass is 321 g/mol. The molecule has 1 aromatic carbocycles. The Balaban J connectivity index is 2.25. The largest absolute Gasteiger partial charge is 0.510 e. The first-order valence-electron chi connectivity index (χ1n) is 6.56. The number of carbonyl (C=O) groups is 2. The summed E-state index contributed by atoms with van der Waals surface area (Å²) >= 11 is 1.26. The Morgan fingerprint density at radius 1 is 1.27 bits per heavy atom. The van der Waals surface area contributed by atoms with E-state index in [1.54, 1.807) is 31.2 Å². The standard InChI is InChI=1S/C15H15NO5S/c1-3-21-15(19)12-11(17)8-22-13(12)16-10-6-4-9(5-7-10)14(18)20-2/h4-7,17H,3,8H2,1-2H3. The van der Waals surface area contributed by atoms with Gasteiger partial charge in [0, 0.05) is 0 Å². The molecule has 22 heavy (non-hydrogen) atoms. The molecule has 1 aliphatic rings. The van der Waals surface area contributed by atoms with Gasteiger partial charge in [-0.2, -0.15) is 0 Å². The molecule has 0 bridgehead atoms. The van der Waals surface area contributed by atoms with Gasteiger partial charge in [-0.15, -0.1) is 0 Å². The first-order chi connectivity index (χ1) is 10.6. The van der Waals surface area contributed by atoms with Crippen LogP contribution in [0, 0.1) is 0 Å². The molecule has 1 N–H and O–H groups in total. The predicted octanol–water partition coefficient (Wildman–Crippen LogP) is 2.63. The van der Waals surface area contributed by atoms with Crippen molar-refractivity contribution in [2.45, 2.75) is 6.92 Å². The highest BCUT2D eigenvalue weighted by Gasteiger charge is 2.29. The highest BCUT2D eigenvalue weighted by atomic mass is 32.2. The maximum absolute atomic E-state index is 11.8. The van der Waals surface area contributed by atoms with Crippen LogP contribution in [0.3, 0.4) is 0 Å². The number of hydrogen-bond acceptors (Lipinski definition) is 7. The van der Waals surface area contributed by atoms with Crippen molar-refractivity contribution >= 4 is 34.4 Å². The van der Waals surface area contributed by atoms with Crippen LogP contribution >= 0.6 is 11.8 Å². The van der Waals surface area contributed by atoms with Gasteiger partial charge >= 0.3 is 11.9 Å². The maximum atomic E-state index is 11.8. The van der Waals surface area contributed by atoms with Gasteiger partial charge in [0.2, 0.25) is 0 Å². The van der Waals surface area contributed by atoms with Crippen LogP contribution in [0.15, 0.2) is 40.6 Å². The fraction of sp³-hybridized carbons (Fsp3) is 0.267. The van der Waals surface area contributed by atoms with Crippen molar-refractivity contribution in [2.75, 3.05) is 19.5 Å². The van der Waals surface area contributed by atoms with E-state index in [4.69, 9.17) is 4.74 Å². The topological polar surface area (TPSA) is 85.2 Å². The molecule has 7 heteroatoms. The van der Waals surface area contributed by atoms with Crippen LogP contribution in [0.1, 0.15) is 17.3 Å². The Morgan fingerprint density at radius 3 is 2.55 bits per heavy atom. The van der Waals surface area contributed by atoms with Crippen molar-refractivity contribution < 1.29 is 24.2 Å². The zero-order chi connectivity index (χ0) is 16.1. The average Bonchev–Trinajstić information content (AvgIpc) is 2.88. The minimum Gasteiger partial charge on any atom is -0.510 e. The van der Waals surface area contributed by atoms with Gasteiger partial charge in [-0.1, -0.05) is 11.8 Å². The van der Waals surface area contributed by atoms with Crippen LogP contribution in [0.25, 0.3) is 0 Å². The Kier molecular flexibility index (Phi) is 5.21. The van der Waals surface area contributed by atoms with Crippen molar-refractivity contribution in [3.8, 4) is 0 Å². The summed E-state index contributed by atoms with van der Waals surface area (Å²) in [6, 6.07) is 6.44. The highest BCUT2D eigenvalue weighted by Crippen LogP contribution is 2.30. The number of esters is 2. The number of aliphatic imine (C=N–C) groups is 1. The molecular formula is C15H15NO5S. The Hall–Kier alpha value is -2.28. The second kappa shape index (κ2) is 7.13. The number of ether oxygens (including phenoxy) is 2. The molecule has 1 heterocycles. The first-order valence-corrected chi connectivity index (χ1v) is 7.54. The normalized spacial score (nSPS) is 16.0. The lowest BCUT2D eigenvalue weighted by Crippen LogP contribution is -2.12. The summed E-state index contributed by atoms with van der Waals surface area (Å²) in [6.07, 6.45) is 0. The minimum atomic E-state index is -0.588. The smallest absolute Gasteiger partial charge is 0.344 e. The third-order valence-corrected chi connectivity index (χ3v) is 3.83. The van der Waals surface area contributed by atoms with E-state index in [9.17, 15) is 14.7 Å². The molecule has 6 nitrogen and oxygen atoms in total. The van der Waals surface area contributed by atoms with Crippen LogP contribution < -0.4 is 0 Å². The summed E-state index contributed by atoms with van der Waals surface area (Å²) < 4.78 is 9.54. The van der Waals surface area contributed by atoms with Gasteiger partial charge in [-0.25, -0.2) is 14.6 Å². The van der Waals surface area contributed by atoms with E-state index in [1.165, 1.54) is 18.9 Å². The third-order valence-electron chi connectivity index (χ3n) is 2.85. The average molecular weight is 321 g/mol. The lowest BCUT2D eigenvalue weighted by Gasteiger charge is -2.04. The Morgan fingerprint density at radius 2 is 1.95 bits per heavy atom. The van der Waals surface area contributed by atoms with Gasteiger partial charge in [-0.3, -0.25) is 0 Å². The molecule has 0 spiro atoms. The van der Waals surface area contributed by atoms with E-state index in [2.05, 4.69) is 9.73 Å². The zero-order valence-electron chi connectivity index (χ0n) is 12.2. The summed E-state index contributed by atoms with van der Waals surface area (Å²) in [4.78, 5) is 27.5. The summed E-state index contributed by atoms with van der Waals surface area (Å²) in [5.41, 5.74) is 1.07. The second-order valence-corrected chi connectivity index (χ2v) is 5.25. The molecule has 0 amide bonds. The summed E-state index contributed by atoms with van der Waals surface area (Å²) in [6.45, 7) is 1.92. The number of aliphatic hydroxyl groups excluding tert-OH is 1. The van der Waals surface area contributed by atoms with E-state index in [-0.39, 0.29) is 23.7 Å². The summed E-state index contributed by atoms with van der Waals surface area (Å²) in [5, 5.41) is 10.2. The molecule has 0 aromatic heterocycles. The van der Waals surface area contributed by atoms with Gasteiger partial charge in [-0.05, 0) is 31.2 Å². The van der Waals surface area contributed by atoms with Crippen molar-refractivity contribution in [3.63, 3.8) is 0 Å². The first kappa shape index (κ1) is 16.1. The molecule has 0 radical (unpaired) electrons. The van der Waals surface area contributed by atoms with E-state index in [0.29, 0.717) is 16.3 Å². The van der Waals surface area contributed by atoms with Crippen LogP contribution in [0.4, 0.5) is 5.69 Å². The summed E-state index contributed by atoms with van der Waals surface area (Å²) in [5.74, 6) is -0.768. The number of rotatable bonds is 4. The van der Waals surface area contributed by atoms with E-state index in [1.807, 2.05) is 0 Å². The van der Waals surface area contributed by atoms with Crippen LogP contribution in [-0.4, -0.2) is 41.6 Å². The molecular weight excluding hydrogens is 306 g/mol. The molecule has 116 valence electrons. The number of nitrogens with zero attached hydrogens (tertiary/aromatic N) is 1. The maximum Gasteiger partial charge on any atom is 0.344 e. The van der Waals surface area contributed by atoms with Gasteiger partial charge in [0.15, 0.2) is 0 Å². The molecule has 1 aromatic rings. The van der Waals surface area contributed by atoms with Crippen LogP contribution in [-0.2, 0) is 14.3 Å². The minimum absolute atomic E-state index is 0.0339. The van der Waals surface area contributed by atoms with Crippen molar-refractivity contribution in [3.05, 3.63) is 41.2 Å². The molecule has 2 rings (SSSR count). The van der Waals surface area contributed by atoms with Gasteiger partial charge < -0.3 is 14.6 Å². The van der Waals surface area contributed by atoms with Gasteiger partial charge in [0.1, 0.15) is 16.4 Å². The lowest BCUT2D eigenvalue weighted by atomic mass is 10.2. The Bertz CT molecular complexity index is 648. The molecule has 0 unspecified atom stereocenters. The molecule has 0 saturated carbocycles. The van der Waals surface area contributed by atoms with Crippen molar-refractivity contribution in [2.24, 2.45) is 4.99 Å². The van der Waals surface area contributed by atoms with Gasteiger partial charge in [0.25, 0.3) is 0 Å². The third kappa shape index (κ3) is 3.48. The second-order valence-electron chi connectivity index (χ2n) is 4.29. The number of thioether (sulfide) groups is 1. The number of aliphatic hydroxyl groups is 1. The number of benzene rings is 1. The Labute approximate surface area is 131 Å². The predicted molar refractivity (Wildman–Crippen MR) is 83.6 cm³/mol. The number of methoxy groups -OCH3 is 1. The SMILES string of the molecule is CCOC(=O)C1=C(O)CSC1=Nc1ccc(C(=O)OC)cc1. The molecule has 0 fully saturated rings. The molecule has 0 saturated heterocycles.